The van der Waals surface area contributed by atoms with E-state index < -0.39 is 0 Å². The van der Waals surface area contributed by atoms with Crippen LogP contribution in [-0.4, -0.2) is 4.98 Å². The van der Waals surface area contributed by atoms with E-state index in [-0.39, 0.29) is 5.82 Å². The average Bonchev–Trinajstić information content (AvgIpc) is 2.30. The fourth-order valence-electron chi connectivity index (χ4n) is 1.38. The number of nitrogens with one attached hydrogen (secondary N) is 1. The Balaban J connectivity index is 2.09. The number of hydrogen-bond acceptors (Lipinski definition) is 2. The van der Waals surface area contributed by atoms with Crippen molar-refractivity contribution in [2.75, 3.05) is 5.32 Å². The highest BCUT2D eigenvalue weighted by Crippen LogP contribution is 2.21. The molecule has 1 heterocycles. The largest absolute Gasteiger partial charge is 0.380 e. The van der Waals surface area contributed by atoms with E-state index >= 15 is 0 Å². The second-order valence-corrected chi connectivity index (χ2v) is 4.32. The molecule has 1 aromatic heterocycles. The Bertz CT molecular complexity index is 532. The second kappa shape index (κ2) is 5.34. The van der Waals surface area contributed by atoms with Gasteiger partial charge in [-0.3, -0.25) is 4.98 Å². The van der Waals surface area contributed by atoms with E-state index in [0.717, 1.165) is 11.8 Å². The van der Waals surface area contributed by atoms with Crippen molar-refractivity contribution < 1.29 is 4.39 Å². The van der Waals surface area contributed by atoms with Gasteiger partial charge in [0.25, 0.3) is 0 Å². The number of aromatic nitrogens is 1. The molecular formula is C12H9Cl2FN2. The highest BCUT2D eigenvalue weighted by Gasteiger charge is 2.02. The molecule has 0 atom stereocenters. The first-order chi connectivity index (χ1) is 8.15. The quantitative estimate of drug-likeness (QED) is 0.907. The van der Waals surface area contributed by atoms with E-state index in [0.29, 0.717) is 22.3 Å². The van der Waals surface area contributed by atoms with Gasteiger partial charge < -0.3 is 5.32 Å². The first kappa shape index (κ1) is 12.1. The van der Waals surface area contributed by atoms with E-state index in [1.807, 2.05) is 0 Å². The summed E-state index contributed by atoms with van der Waals surface area (Å²) < 4.78 is 12.9. The molecule has 0 radical (unpaired) electrons. The SMILES string of the molecule is Fc1cncc(NCc2cc(Cl)ccc2Cl)c1. The van der Waals surface area contributed by atoms with Gasteiger partial charge >= 0.3 is 0 Å². The van der Waals surface area contributed by atoms with Gasteiger partial charge in [0.1, 0.15) is 5.82 Å². The van der Waals surface area contributed by atoms with Gasteiger partial charge in [0.2, 0.25) is 0 Å². The van der Waals surface area contributed by atoms with Crippen molar-refractivity contribution in [2.24, 2.45) is 0 Å². The molecule has 2 aromatic rings. The standard InChI is InChI=1S/C12H9Cl2FN2/c13-9-1-2-12(14)8(3-9)5-17-11-4-10(15)6-16-7-11/h1-4,6-7,17H,5H2. The lowest BCUT2D eigenvalue weighted by molar-refractivity contribution is 0.622. The maximum absolute atomic E-state index is 12.9. The first-order valence-corrected chi connectivity index (χ1v) is 5.69. The van der Waals surface area contributed by atoms with Crippen molar-refractivity contribution in [1.29, 1.82) is 0 Å². The van der Waals surface area contributed by atoms with E-state index in [9.17, 15) is 4.39 Å². The lowest BCUT2D eigenvalue weighted by Crippen LogP contribution is -2.00. The van der Waals surface area contributed by atoms with E-state index in [2.05, 4.69) is 10.3 Å². The molecule has 88 valence electrons. The van der Waals surface area contributed by atoms with Crippen LogP contribution in [0.1, 0.15) is 5.56 Å². The van der Waals surface area contributed by atoms with Gasteiger partial charge in [0.05, 0.1) is 18.1 Å². The first-order valence-electron chi connectivity index (χ1n) is 4.93. The molecule has 0 spiro atoms. The predicted octanol–water partition coefficient (Wildman–Crippen LogP) is 4.14. The van der Waals surface area contributed by atoms with Crippen LogP contribution in [0, 0.1) is 5.82 Å². The van der Waals surface area contributed by atoms with Gasteiger partial charge in [0.15, 0.2) is 0 Å². The molecule has 2 nitrogen and oxygen atoms in total. The molecule has 1 N–H and O–H groups in total. The Morgan fingerprint density at radius 3 is 2.76 bits per heavy atom. The molecule has 2 rings (SSSR count). The zero-order chi connectivity index (χ0) is 12.3. The van der Waals surface area contributed by atoms with Crippen LogP contribution >= 0.6 is 23.2 Å². The Kier molecular flexibility index (Phi) is 3.82. The molecular weight excluding hydrogens is 262 g/mol. The Morgan fingerprint density at radius 1 is 1.18 bits per heavy atom. The third-order valence-corrected chi connectivity index (χ3v) is 2.80. The summed E-state index contributed by atoms with van der Waals surface area (Å²) in [6.07, 6.45) is 2.69. The van der Waals surface area contributed by atoms with Crippen LogP contribution in [0.3, 0.4) is 0 Å². The highest BCUT2D eigenvalue weighted by molar-refractivity contribution is 6.33. The van der Waals surface area contributed by atoms with Crippen LogP contribution < -0.4 is 5.32 Å². The van der Waals surface area contributed by atoms with Crippen LogP contribution in [0.2, 0.25) is 10.0 Å². The zero-order valence-electron chi connectivity index (χ0n) is 8.75. The van der Waals surface area contributed by atoms with Gasteiger partial charge in [-0.1, -0.05) is 23.2 Å². The van der Waals surface area contributed by atoms with Crippen LogP contribution in [0.4, 0.5) is 10.1 Å². The van der Waals surface area contributed by atoms with E-state index in [1.54, 1.807) is 24.4 Å². The Hall–Kier alpha value is -1.32. The average molecular weight is 271 g/mol. The lowest BCUT2D eigenvalue weighted by atomic mass is 10.2. The summed E-state index contributed by atoms with van der Waals surface area (Å²) in [5.41, 5.74) is 1.45. The third kappa shape index (κ3) is 3.32. The number of rotatable bonds is 3. The van der Waals surface area contributed by atoms with Crippen LogP contribution in [-0.2, 0) is 6.54 Å². The van der Waals surface area contributed by atoms with Crippen molar-refractivity contribution in [1.82, 2.24) is 4.98 Å². The Labute approximate surface area is 108 Å². The van der Waals surface area contributed by atoms with Gasteiger partial charge in [-0.15, -0.1) is 0 Å². The molecule has 0 unspecified atom stereocenters. The number of benzene rings is 1. The summed E-state index contributed by atoms with van der Waals surface area (Å²) in [5.74, 6) is -0.382. The topological polar surface area (TPSA) is 24.9 Å². The fraction of sp³-hybridized carbons (Fsp3) is 0.0833. The van der Waals surface area contributed by atoms with Crippen LogP contribution in [0.25, 0.3) is 0 Å². The maximum atomic E-state index is 12.9. The van der Waals surface area contributed by atoms with Crippen molar-refractivity contribution in [3.05, 3.63) is 58.1 Å². The minimum atomic E-state index is -0.382. The summed E-state index contributed by atoms with van der Waals surface area (Å²) >= 11 is 11.9. The van der Waals surface area contributed by atoms with Crippen molar-refractivity contribution in [2.45, 2.75) is 6.54 Å². The van der Waals surface area contributed by atoms with Gasteiger partial charge in [0, 0.05) is 22.7 Å². The molecule has 0 aliphatic heterocycles. The number of nitrogens with zero attached hydrogens (tertiary/aromatic N) is 1. The minimum Gasteiger partial charge on any atom is -0.380 e. The molecule has 0 fully saturated rings. The smallest absolute Gasteiger partial charge is 0.143 e. The normalized spacial score (nSPS) is 10.3. The molecule has 0 saturated carbocycles. The van der Waals surface area contributed by atoms with Gasteiger partial charge in [-0.25, -0.2) is 4.39 Å². The van der Waals surface area contributed by atoms with Crippen LogP contribution in [0.15, 0.2) is 36.7 Å². The highest BCUT2D eigenvalue weighted by atomic mass is 35.5. The summed E-state index contributed by atoms with van der Waals surface area (Å²) in [7, 11) is 0. The van der Waals surface area contributed by atoms with Gasteiger partial charge in [-0.2, -0.15) is 0 Å². The number of hydrogen-bond donors (Lipinski definition) is 1. The second-order valence-electron chi connectivity index (χ2n) is 3.48. The van der Waals surface area contributed by atoms with Crippen molar-refractivity contribution in [3.63, 3.8) is 0 Å². The summed E-state index contributed by atoms with van der Waals surface area (Å²) in [6.45, 7) is 0.463. The molecule has 0 bridgehead atoms. The Morgan fingerprint density at radius 2 is 2.00 bits per heavy atom. The predicted molar refractivity (Wildman–Crippen MR) is 68.0 cm³/mol. The maximum Gasteiger partial charge on any atom is 0.143 e. The monoisotopic (exact) mass is 270 g/mol. The molecule has 0 aliphatic rings. The molecule has 5 heteroatoms. The molecule has 0 saturated heterocycles. The number of halogens is 3. The lowest BCUT2D eigenvalue weighted by Gasteiger charge is -2.08. The minimum absolute atomic E-state index is 0.382. The third-order valence-electron chi connectivity index (χ3n) is 2.20. The zero-order valence-corrected chi connectivity index (χ0v) is 10.3. The van der Waals surface area contributed by atoms with Crippen molar-refractivity contribution >= 4 is 28.9 Å². The van der Waals surface area contributed by atoms with Crippen molar-refractivity contribution in [3.8, 4) is 0 Å². The molecule has 1 aromatic carbocycles. The summed E-state index contributed by atoms with van der Waals surface area (Å²) in [5, 5.41) is 4.26. The molecule has 0 amide bonds. The molecule has 0 aliphatic carbocycles. The van der Waals surface area contributed by atoms with Crippen LogP contribution in [0.5, 0.6) is 0 Å². The summed E-state index contributed by atoms with van der Waals surface area (Å²) in [6, 6.07) is 6.58. The van der Waals surface area contributed by atoms with Gasteiger partial charge in [-0.05, 0) is 23.8 Å². The molecule has 17 heavy (non-hydrogen) atoms. The number of anilines is 1. The van der Waals surface area contributed by atoms with E-state index in [1.165, 1.54) is 6.07 Å². The summed E-state index contributed by atoms with van der Waals surface area (Å²) in [4.78, 5) is 3.74. The van der Waals surface area contributed by atoms with E-state index in [4.69, 9.17) is 23.2 Å². The number of pyridine rings is 1. The fourth-order valence-corrected chi connectivity index (χ4v) is 1.76.